The summed E-state index contributed by atoms with van der Waals surface area (Å²) >= 11 is 0. The lowest BCUT2D eigenvalue weighted by atomic mass is 10.2. The fourth-order valence-electron chi connectivity index (χ4n) is 1.47. The Hall–Kier alpha value is -2.06. The molecule has 0 aliphatic heterocycles. The molecule has 20 heavy (non-hydrogen) atoms. The van der Waals surface area contributed by atoms with E-state index in [0.29, 0.717) is 17.5 Å². The Bertz CT molecular complexity index is 560. The molecule has 2 heterocycles. The van der Waals surface area contributed by atoms with Crippen molar-refractivity contribution in [2.24, 2.45) is 0 Å². The van der Waals surface area contributed by atoms with E-state index in [-0.39, 0.29) is 12.5 Å². The van der Waals surface area contributed by atoms with Gasteiger partial charge < -0.3 is 9.73 Å². The quantitative estimate of drug-likeness (QED) is 0.916. The minimum Gasteiger partial charge on any atom is -0.423 e. The molecular weight excluding hydrogens is 275 g/mol. The van der Waals surface area contributed by atoms with Gasteiger partial charge in [-0.05, 0) is 0 Å². The van der Waals surface area contributed by atoms with Gasteiger partial charge in [-0.1, -0.05) is 13.8 Å². The van der Waals surface area contributed by atoms with Crippen LogP contribution in [0.4, 0.5) is 18.9 Å². The lowest BCUT2D eigenvalue weighted by Gasteiger charge is -2.05. The van der Waals surface area contributed by atoms with Crippen molar-refractivity contribution in [3.8, 4) is 0 Å². The van der Waals surface area contributed by atoms with Gasteiger partial charge >= 0.3 is 6.18 Å². The summed E-state index contributed by atoms with van der Waals surface area (Å²) in [6.45, 7) is 2.96. The highest BCUT2D eigenvalue weighted by Crippen LogP contribution is 2.18. The Kier molecular flexibility index (Phi) is 3.96. The first-order valence-corrected chi connectivity index (χ1v) is 5.99. The summed E-state index contributed by atoms with van der Waals surface area (Å²) < 4.78 is 42.7. The van der Waals surface area contributed by atoms with Crippen LogP contribution in [-0.4, -0.2) is 26.2 Å². The molecule has 0 saturated heterocycles. The number of hydrogen-bond acceptors (Lipinski definition) is 5. The number of nitrogens with zero attached hydrogens (tertiary/aromatic N) is 4. The topological polar surface area (TPSA) is 68.8 Å². The molecule has 0 atom stereocenters. The maximum absolute atomic E-state index is 12.2. The molecule has 0 bridgehead atoms. The van der Waals surface area contributed by atoms with Crippen LogP contribution >= 0.6 is 0 Å². The van der Waals surface area contributed by atoms with Crippen LogP contribution < -0.4 is 5.32 Å². The molecule has 0 aromatic carbocycles. The third kappa shape index (κ3) is 3.97. The highest BCUT2D eigenvalue weighted by molar-refractivity contribution is 5.37. The molecule has 0 saturated carbocycles. The monoisotopic (exact) mass is 289 g/mol. The molecule has 0 spiro atoms. The third-order valence-corrected chi connectivity index (χ3v) is 2.39. The second-order valence-corrected chi connectivity index (χ2v) is 4.58. The van der Waals surface area contributed by atoms with E-state index >= 15 is 0 Å². The fourth-order valence-corrected chi connectivity index (χ4v) is 1.47. The van der Waals surface area contributed by atoms with E-state index < -0.39 is 12.7 Å². The standard InChI is InChI=1S/C11H14F3N5O/c1-7(2)10-18-17-9(20-10)4-15-8-3-16-19(5-8)6-11(12,13)14/h3,5,7,15H,4,6H2,1-2H3. The van der Waals surface area contributed by atoms with Crippen LogP contribution in [0.2, 0.25) is 0 Å². The Morgan fingerprint density at radius 1 is 1.35 bits per heavy atom. The van der Waals surface area contributed by atoms with Crippen molar-refractivity contribution in [3.63, 3.8) is 0 Å². The summed E-state index contributed by atoms with van der Waals surface area (Å²) in [5, 5.41) is 14.2. The van der Waals surface area contributed by atoms with Gasteiger partial charge in [0.05, 0.1) is 18.4 Å². The van der Waals surface area contributed by atoms with E-state index in [0.717, 1.165) is 4.68 Å². The first-order valence-electron chi connectivity index (χ1n) is 5.99. The minimum atomic E-state index is -4.29. The molecule has 0 aliphatic rings. The Morgan fingerprint density at radius 3 is 2.70 bits per heavy atom. The SMILES string of the molecule is CC(C)c1nnc(CNc2cnn(CC(F)(F)F)c2)o1. The van der Waals surface area contributed by atoms with Crippen LogP contribution in [0.3, 0.4) is 0 Å². The largest absolute Gasteiger partial charge is 0.423 e. The summed E-state index contributed by atoms with van der Waals surface area (Å²) in [5.41, 5.74) is 0.457. The summed E-state index contributed by atoms with van der Waals surface area (Å²) in [5.74, 6) is 1.03. The Labute approximate surface area is 113 Å². The molecular formula is C11H14F3N5O. The molecule has 0 aliphatic carbocycles. The summed E-state index contributed by atoms with van der Waals surface area (Å²) in [4.78, 5) is 0. The average Bonchev–Trinajstić information content (AvgIpc) is 2.92. The molecule has 0 fully saturated rings. The molecule has 1 N–H and O–H groups in total. The zero-order valence-electron chi connectivity index (χ0n) is 11.0. The van der Waals surface area contributed by atoms with Crippen molar-refractivity contribution < 1.29 is 17.6 Å². The second-order valence-electron chi connectivity index (χ2n) is 4.58. The maximum atomic E-state index is 12.2. The average molecular weight is 289 g/mol. The van der Waals surface area contributed by atoms with Crippen molar-refractivity contribution in [2.75, 3.05) is 5.32 Å². The molecule has 6 nitrogen and oxygen atoms in total. The number of anilines is 1. The first-order chi connectivity index (χ1) is 9.33. The van der Waals surface area contributed by atoms with Gasteiger partial charge in [-0.2, -0.15) is 18.3 Å². The van der Waals surface area contributed by atoms with E-state index in [2.05, 4.69) is 20.6 Å². The summed E-state index contributed by atoms with van der Waals surface area (Å²) in [6, 6.07) is 0. The van der Waals surface area contributed by atoms with Gasteiger partial charge in [0.2, 0.25) is 11.8 Å². The van der Waals surface area contributed by atoms with Crippen molar-refractivity contribution in [2.45, 2.75) is 39.0 Å². The van der Waals surface area contributed by atoms with E-state index in [1.165, 1.54) is 12.4 Å². The van der Waals surface area contributed by atoms with Gasteiger partial charge in [0.1, 0.15) is 6.54 Å². The van der Waals surface area contributed by atoms with Crippen LogP contribution in [0.15, 0.2) is 16.8 Å². The summed E-state index contributed by atoms with van der Waals surface area (Å²) in [7, 11) is 0. The second kappa shape index (κ2) is 5.51. The molecule has 2 rings (SSSR count). The molecule has 9 heteroatoms. The number of rotatable bonds is 5. The van der Waals surface area contributed by atoms with Crippen molar-refractivity contribution in [1.29, 1.82) is 0 Å². The predicted molar refractivity (Wildman–Crippen MR) is 64.0 cm³/mol. The van der Waals surface area contributed by atoms with Gasteiger partial charge in [0, 0.05) is 12.1 Å². The predicted octanol–water partition coefficient (Wildman–Crippen LogP) is 2.56. The highest BCUT2D eigenvalue weighted by Gasteiger charge is 2.28. The van der Waals surface area contributed by atoms with Gasteiger partial charge in [0.15, 0.2) is 0 Å². The zero-order valence-corrected chi connectivity index (χ0v) is 11.0. The van der Waals surface area contributed by atoms with Crippen molar-refractivity contribution in [3.05, 3.63) is 24.2 Å². The lowest BCUT2D eigenvalue weighted by Crippen LogP contribution is -2.17. The van der Waals surface area contributed by atoms with Gasteiger partial charge in [0.25, 0.3) is 0 Å². The van der Waals surface area contributed by atoms with Gasteiger partial charge in [-0.15, -0.1) is 10.2 Å². The van der Waals surface area contributed by atoms with Crippen molar-refractivity contribution >= 4 is 5.69 Å². The zero-order chi connectivity index (χ0) is 14.8. The van der Waals surface area contributed by atoms with Crippen LogP contribution in [-0.2, 0) is 13.1 Å². The maximum Gasteiger partial charge on any atom is 0.408 e. The van der Waals surface area contributed by atoms with Gasteiger partial charge in [-0.25, -0.2) is 0 Å². The van der Waals surface area contributed by atoms with E-state index in [1.54, 1.807) is 0 Å². The highest BCUT2D eigenvalue weighted by atomic mass is 19.4. The fraction of sp³-hybridized carbons (Fsp3) is 0.545. The van der Waals surface area contributed by atoms with E-state index in [1.807, 2.05) is 13.8 Å². The number of aromatic nitrogens is 4. The van der Waals surface area contributed by atoms with Gasteiger partial charge in [-0.3, -0.25) is 4.68 Å². The number of halogens is 3. The third-order valence-electron chi connectivity index (χ3n) is 2.39. The number of nitrogens with one attached hydrogen (secondary N) is 1. The smallest absolute Gasteiger partial charge is 0.408 e. The van der Waals surface area contributed by atoms with Crippen LogP contribution in [0.1, 0.15) is 31.5 Å². The minimum absolute atomic E-state index is 0.130. The molecule has 110 valence electrons. The molecule has 0 radical (unpaired) electrons. The Balaban J connectivity index is 1.90. The molecule has 0 unspecified atom stereocenters. The van der Waals surface area contributed by atoms with E-state index in [4.69, 9.17) is 4.42 Å². The van der Waals surface area contributed by atoms with Crippen LogP contribution in [0.5, 0.6) is 0 Å². The van der Waals surface area contributed by atoms with Crippen LogP contribution in [0, 0.1) is 0 Å². The molecule has 2 aromatic heterocycles. The Morgan fingerprint density at radius 2 is 2.10 bits per heavy atom. The first kappa shape index (κ1) is 14.4. The summed E-state index contributed by atoms with van der Waals surface area (Å²) in [6.07, 6.45) is -1.71. The molecule has 2 aromatic rings. The number of hydrogen-bond donors (Lipinski definition) is 1. The number of alkyl halides is 3. The van der Waals surface area contributed by atoms with E-state index in [9.17, 15) is 13.2 Å². The normalized spacial score (nSPS) is 12.1. The lowest BCUT2D eigenvalue weighted by molar-refractivity contribution is -0.142. The van der Waals surface area contributed by atoms with Crippen molar-refractivity contribution in [1.82, 2.24) is 20.0 Å². The molecule has 0 amide bonds. The van der Waals surface area contributed by atoms with Crippen LogP contribution in [0.25, 0.3) is 0 Å².